The first-order chi connectivity index (χ1) is 8.71. The lowest BCUT2D eigenvalue weighted by molar-refractivity contribution is 0.0698. The molecule has 0 radical (unpaired) electrons. The van der Waals surface area contributed by atoms with Crippen LogP contribution in [0.4, 0.5) is 11.4 Å². The minimum atomic E-state index is -3.01. The standard InChI is InChI=1S/C12H16N2O4S/c1-12(4-5-19(17,18)7-12)14-8-2-3-10(13)9(6-8)11(15)16/h2-3,6,14H,4-5,7,13H2,1H3,(H,15,16). The molecule has 0 spiro atoms. The molecule has 2 rings (SSSR count). The predicted molar refractivity (Wildman–Crippen MR) is 73.1 cm³/mol. The molecule has 1 unspecified atom stereocenters. The van der Waals surface area contributed by atoms with Gasteiger partial charge in [0.1, 0.15) is 0 Å². The molecule has 7 heteroatoms. The van der Waals surface area contributed by atoms with E-state index < -0.39 is 21.3 Å². The normalized spacial score (nSPS) is 25.1. The molecule has 1 aliphatic rings. The van der Waals surface area contributed by atoms with Crippen LogP contribution in [0.25, 0.3) is 0 Å². The average Bonchev–Trinajstić information content (AvgIpc) is 2.55. The SMILES string of the molecule is CC1(Nc2ccc(N)c(C(=O)O)c2)CCS(=O)(=O)C1. The van der Waals surface area contributed by atoms with Gasteiger partial charge in [0.15, 0.2) is 9.84 Å². The fourth-order valence-electron chi connectivity index (χ4n) is 2.28. The van der Waals surface area contributed by atoms with Crippen LogP contribution in [-0.2, 0) is 9.84 Å². The third-order valence-electron chi connectivity index (χ3n) is 3.23. The molecule has 0 saturated carbocycles. The van der Waals surface area contributed by atoms with Crippen molar-refractivity contribution in [1.29, 1.82) is 0 Å². The summed E-state index contributed by atoms with van der Waals surface area (Å²) in [5, 5.41) is 12.1. The molecule has 1 heterocycles. The molecule has 1 aromatic rings. The van der Waals surface area contributed by atoms with Gasteiger partial charge in [-0.3, -0.25) is 0 Å². The second-order valence-corrected chi connectivity index (χ2v) is 7.32. The van der Waals surface area contributed by atoms with Crippen LogP contribution in [0, 0.1) is 0 Å². The minimum Gasteiger partial charge on any atom is -0.478 e. The van der Waals surface area contributed by atoms with Gasteiger partial charge in [0.2, 0.25) is 0 Å². The number of rotatable bonds is 3. The highest BCUT2D eigenvalue weighted by molar-refractivity contribution is 7.91. The second-order valence-electron chi connectivity index (χ2n) is 5.13. The van der Waals surface area contributed by atoms with Gasteiger partial charge in [-0.05, 0) is 31.5 Å². The van der Waals surface area contributed by atoms with E-state index in [0.29, 0.717) is 12.1 Å². The van der Waals surface area contributed by atoms with E-state index in [0.717, 1.165) is 0 Å². The summed E-state index contributed by atoms with van der Waals surface area (Å²) >= 11 is 0. The molecular weight excluding hydrogens is 268 g/mol. The van der Waals surface area contributed by atoms with E-state index >= 15 is 0 Å². The van der Waals surface area contributed by atoms with E-state index in [1.165, 1.54) is 12.1 Å². The van der Waals surface area contributed by atoms with Gasteiger partial charge in [0.25, 0.3) is 0 Å². The Bertz CT molecular complexity index is 627. The van der Waals surface area contributed by atoms with E-state index in [-0.39, 0.29) is 22.8 Å². The molecule has 4 N–H and O–H groups in total. The van der Waals surface area contributed by atoms with Gasteiger partial charge < -0.3 is 16.2 Å². The number of nitrogens with two attached hydrogens (primary N) is 1. The van der Waals surface area contributed by atoms with E-state index in [9.17, 15) is 13.2 Å². The van der Waals surface area contributed by atoms with E-state index in [4.69, 9.17) is 10.8 Å². The summed E-state index contributed by atoms with van der Waals surface area (Å²) in [6, 6.07) is 4.57. The van der Waals surface area contributed by atoms with Crippen molar-refractivity contribution in [2.24, 2.45) is 0 Å². The van der Waals surface area contributed by atoms with Crippen LogP contribution in [0.5, 0.6) is 0 Å². The van der Waals surface area contributed by atoms with Crippen LogP contribution in [0.3, 0.4) is 0 Å². The third kappa shape index (κ3) is 2.98. The lowest BCUT2D eigenvalue weighted by Crippen LogP contribution is -2.35. The number of aromatic carboxylic acids is 1. The quantitative estimate of drug-likeness (QED) is 0.713. The number of nitrogen functional groups attached to an aromatic ring is 1. The van der Waals surface area contributed by atoms with Crippen LogP contribution >= 0.6 is 0 Å². The Labute approximate surface area is 111 Å². The molecule has 1 fully saturated rings. The molecule has 0 bridgehead atoms. The average molecular weight is 284 g/mol. The van der Waals surface area contributed by atoms with Crippen LogP contribution in [-0.4, -0.2) is 36.5 Å². The van der Waals surface area contributed by atoms with Gasteiger partial charge in [0, 0.05) is 16.9 Å². The number of hydrogen-bond donors (Lipinski definition) is 3. The summed E-state index contributed by atoms with van der Waals surface area (Å²) in [5.74, 6) is -0.908. The molecule has 0 amide bonds. The van der Waals surface area contributed by atoms with E-state index in [1.807, 2.05) is 6.92 Å². The highest BCUT2D eigenvalue weighted by Crippen LogP contribution is 2.28. The van der Waals surface area contributed by atoms with Crippen molar-refractivity contribution < 1.29 is 18.3 Å². The first kappa shape index (κ1) is 13.7. The predicted octanol–water partition coefficient (Wildman–Crippen LogP) is 0.956. The van der Waals surface area contributed by atoms with Gasteiger partial charge in [-0.25, -0.2) is 13.2 Å². The number of benzene rings is 1. The molecule has 1 aliphatic heterocycles. The number of carboxylic acids is 1. The molecule has 0 aromatic heterocycles. The zero-order valence-electron chi connectivity index (χ0n) is 10.5. The molecule has 1 aromatic carbocycles. The van der Waals surface area contributed by atoms with Crippen LogP contribution in [0.2, 0.25) is 0 Å². The first-order valence-corrected chi connectivity index (χ1v) is 7.64. The number of nitrogens with one attached hydrogen (secondary N) is 1. The zero-order valence-corrected chi connectivity index (χ0v) is 11.3. The van der Waals surface area contributed by atoms with Crippen molar-refractivity contribution in [2.75, 3.05) is 22.6 Å². The minimum absolute atomic E-state index is 0.00875. The first-order valence-electron chi connectivity index (χ1n) is 5.82. The number of anilines is 2. The summed E-state index contributed by atoms with van der Waals surface area (Å²) in [5.41, 5.74) is 5.76. The molecule has 104 valence electrons. The maximum absolute atomic E-state index is 11.5. The van der Waals surface area contributed by atoms with Gasteiger partial charge >= 0.3 is 5.97 Å². The van der Waals surface area contributed by atoms with Crippen molar-refractivity contribution in [2.45, 2.75) is 18.9 Å². The highest BCUT2D eigenvalue weighted by Gasteiger charge is 2.38. The van der Waals surface area contributed by atoms with Gasteiger partial charge in [-0.1, -0.05) is 0 Å². The van der Waals surface area contributed by atoms with Gasteiger partial charge in [-0.2, -0.15) is 0 Å². The smallest absolute Gasteiger partial charge is 0.337 e. The van der Waals surface area contributed by atoms with E-state index in [1.54, 1.807) is 6.07 Å². The lowest BCUT2D eigenvalue weighted by atomic mass is 10.0. The summed E-state index contributed by atoms with van der Waals surface area (Å²) in [4.78, 5) is 11.0. The number of sulfone groups is 1. The van der Waals surface area contributed by atoms with Crippen LogP contribution in [0.1, 0.15) is 23.7 Å². The molecular formula is C12H16N2O4S. The molecule has 0 aliphatic carbocycles. The number of carboxylic acid groups (broad SMARTS) is 1. The summed E-state index contributed by atoms with van der Waals surface area (Å²) in [6.45, 7) is 1.81. The van der Waals surface area contributed by atoms with Crippen LogP contribution in [0.15, 0.2) is 18.2 Å². The Morgan fingerprint density at radius 2 is 2.16 bits per heavy atom. The Morgan fingerprint density at radius 1 is 1.47 bits per heavy atom. The Balaban J connectivity index is 2.25. The lowest BCUT2D eigenvalue weighted by Gasteiger charge is -2.25. The fraction of sp³-hybridized carbons (Fsp3) is 0.417. The van der Waals surface area contributed by atoms with Crippen molar-refractivity contribution in [3.8, 4) is 0 Å². The monoisotopic (exact) mass is 284 g/mol. The van der Waals surface area contributed by atoms with Gasteiger partial charge in [-0.15, -0.1) is 0 Å². The zero-order chi connectivity index (χ0) is 14.3. The molecule has 1 saturated heterocycles. The summed E-state index contributed by atoms with van der Waals surface area (Å²) < 4.78 is 23.0. The van der Waals surface area contributed by atoms with Crippen molar-refractivity contribution in [3.05, 3.63) is 23.8 Å². The number of hydrogen-bond acceptors (Lipinski definition) is 5. The van der Waals surface area contributed by atoms with Crippen molar-refractivity contribution in [3.63, 3.8) is 0 Å². The van der Waals surface area contributed by atoms with Crippen LogP contribution < -0.4 is 11.1 Å². The highest BCUT2D eigenvalue weighted by atomic mass is 32.2. The van der Waals surface area contributed by atoms with E-state index in [2.05, 4.69) is 5.32 Å². The molecule has 1 atom stereocenters. The third-order valence-corrected chi connectivity index (χ3v) is 5.14. The largest absolute Gasteiger partial charge is 0.478 e. The van der Waals surface area contributed by atoms with Crippen molar-refractivity contribution >= 4 is 27.2 Å². The maximum Gasteiger partial charge on any atom is 0.337 e. The number of carbonyl (C=O) groups is 1. The summed E-state index contributed by atoms with van der Waals surface area (Å²) in [6.07, 6.45) is 0.502. The topological polar surface area (TPSA) is 109 Å². The van der Waals surface area contributed by atoms with Crippen molar-refractivity contribution in [1.82, 2.24) is 0 Å². The maximum atomic E-state index is 11.5. The molecule has 6 nitrogen and oxygen atoms in total. The second kappa shape index (κ2) is 4.41. The molecule has 19 heavy (non-hydrogen) atoms. The van der Waals surface area contributed by atoms with Gasteiger partial charge in [0.05, 0.1) is 17.1 Å². The Morgan fingerprint density at radius 3 is 2.68 bits per heavy atom. The summed E-state index contributed by atoms with van der Waals surface area (Å²) in [7, 11) is -3.01. The Hall–Kier alpha value is -1.76. The fourth-order valence-corrected chi connectivity index (χ4v) is 4.37. The Kier molecular flexibility index (Phi) is 3.17.